The third-order valence-corrected chi connectivity index (χ3v) is 5.29. The van der Waals surface area contributed by atoms with Crippen LogP contribution in [0.2, 0.25) is 0 Å². The molecule has 1 aliphatic rings. The lowest BCUT2D eigenvalue weighted by Crippen LogP contribution is -2.34. The monoisotopic (exact) mass is 347 g/mol. The largest absolute Gasteiger partial charge is 0.338 e. The van der Waals surface area contributed by atoms with Gasteiger partial charge in [-0.05, 0) is 36.5 Å². The molecule has 1 N–H and O–H groups in total. The molecule has 1 atom stereocenters. The number of hydrogen-bond donors (Lipinski definition) is 1. The number of rotatable bonds is 3. The van der Waals surface area contributed by atoms with E-state index in [1.165, 1.54) is 11.1 Å². The number of carbonyl (C=O) groups excluding carboxylic acids is 1. The lowest BCUT2D eigenvalue weighted by atomic mass is 9.87. The van der Waals surface area contributed by atoms with Crippen molar-refractivity contribution in [1.82, 2.24) is 15.1 Å². The minimum atomic E-state index is -0.230. The molecule has 0 saturated carbocycles. The Morgan fingerprint density at radius 3 is 2.73 bits per heavy atom. The van der Waals surface area contributed by atoms with E-state index >= 15 is 0 Å². The van der Waals surface area contributed by atoms with E-state index in [0.29, 0.717) is 11.1 Å². The Morgan fingerprint density at radius 2 is 1.88 bits per heavy atom. The van der Waals surface area contributed by atoms with E-state index in [1.807, 2.05) is 36.2 Å². The summed E-state index contributed by atoms with van der Waals surface area (Å²) in [6.07, 6.45) is 3.30. The van der Waals surface area contributed by atoms with Crippen LogP contribution in [0.5, 0.6) is 0 Å². The molecule has 4 rings (SSSR count). The smallest absolute Gasteiger partial charge is 0.272 e. The number of H-pyrrole nitrogens is 1. The molecule has 0 radical (unpaired) electrons. The molecule has 3 aromatic rings. The van der Waals surface area contributed by atoms with Gasteiger partial charge in [0.1, 0.15) is 0 Å². The van der Waals surface area contributed by atoms with Gasteiger partial charge < -0.3 is 4.90 Å². The number of hydrogen-bond acceptors (Lipinski definition) is 3. The molecule has 2 aromatic carbocycles. The number of aryl methyl sites for hydroxylation is 1. The second kappa shape index (κ2) is 6.75. The fraction of sp³-hybridized carbons (Fsp3) is 0.286. The van der Waals surface area contributed by atoms with Gasteiger partial charge in [-0.1, -0.05) is 42.5 Å². The topological polar surface area (TPSA) is 66.1 Å². The van der Waals surface area contributed by atoms with Gasteiger partial charge in [-0.15, -0.1) is 0 Å². The predicted molar refractivity (Wildman–Crippen MR) is 101 cm³/mol. The van der Waals surface area contributed by atoms with E-state index in [-0.39, 0.29) is 23.9 Å². The van der Waals surface area contributed by atoms with Crippen molar-refractivity contribution >= 4 is 16.7 Å². The van der Waals surface area contributed by atoms with Crippen molar-refractivity contribution in [2.24, 2.45) is 0 Å². The zero-order valence-electron chi connectivity index (χ0n) is 14.7. The Hall–Kier alpha value is -2.95. The molecule has 1 aromatic heterocycles. The van der Waals surface area contributed by atoms with Gasteiger partial charge in [0.15, 0.2) is 0 Å². The Kier molecular flexibility index (Phi) is 4.29. The van der Waals surface area contributed by atoms with E-state index in [4.69, 9.17) is 0 Å². The van der Waals surface area contributed by atoms with Crippen LogP contribution in [0.4, 0.5) is 0 Å². The molecular formula is C21H21N3O2. The van der Waals surface area contributed by atoms with Crippen molar-refractivity contribution in [2.75, 3.05) is 7.05 Å². The number of likely N-dealkylation sites (N-methyl/N-ethyl adjacent to an activating group) is 1. The molecule has 0 aliphatic heterocycles. The van der Waals surface area contributed by atoms with Gasteiger partial charge in [0.2, 0.25) is 5.91 Å². The maximum atomic E-state index is 12.9. The SMILES string of the molecule is CN(C(=O)Cc1n[nH]c(=O)c2ccccc12)C1CCCc2ccccc21. The number of aromatic amines is 1. The molecule has 26 heavy (non-hydrogen) atoms. The summed E-state index contributed by atoms with van der Waals surface area (Å²) >= 11 is 0. The number of aromatic nitrogens is 2. The van der Waals surface area contributed by atoms with Crippen LogP contribution in [0.3, 0.4) is 0 Å². The number of nitrogens with one attached hydrogen (secondary N) is 1. The summed E-state index contributed by atoms with van der Waals surface area (Å²) in [6, 6.07) is 15.7. The molecule has 0 saturated heterocycles. The zero-order chi connectivity index (χ0) is 18.1. The first-order valence-electron chi connectivity index (χ1n) is 8.95. The van der Waals surface area contributed by atoms with Gasteiger partial charge >= 0.3 is 0 Å². The number of nitrogens with zero attached hydrogens (tertiary/aromatic N) is 2. The fourth-order valence-electron chi connectivity index (χ4n) is 3.88. The summed E-state index contributed by atoms with van der Waals surface area (Å²) in [6.45, 7) is 0. The fourth-order valence-corrected chi connectivity index (χ4v) is 3.88. The minimum absolute atomic E-state index is 0.0106. The quantitative estimate of drug-likeness (QED) is 0.792. The normalized spacial score (nSPS) is 16.3. The molecule has 1 amide bonds. The van der Waals surface area contributed by atoms with E-state index in [0.717, 1.165) is 24.6 Å². The first kappa shape index (κ1) is 16.5. The molecule has 132 valence electrons. The van der Waals surface area contributed by atoms with Crippen molar-refractivity contribution in [2.45, 2.75) is 31.7 Å². The van der Waals surface area contributed by atoms with E-state index in [9.17, 15) is 9.59 Å². The minimum Gasteiger partial charge on any atom is -0.338 e. The molecule has 0 spiro atoms. The summed E-state index contributed by atoms with van der Waals surface area (Å²) in [5.41, 5.74) is 2.96. The summed E-state index contributed by atoms with van der Waals surface area (Å²) in [7, 11) is 1.86. The lowest BCUT2D eigenvalue weighted by molar-refractivity contribution is -0.131. The van der Waals surface area contributed by atoms with E-state index < -0.39 is 0 Å². The van der Waals surface area contributed by atoms with Crippen molar-refractivity contribution in [1.29, 1.82) is 0 Å². The Morgan fingerprint density at radius 1 is 1.15 bits per heavy atom. The predicted octanol–water partition coefficient (Wildman–Crippen LogP) is 3.00. The molecule has 5 heteroatoms. The Labute approximate surface area is 151 Å². The van der Waals surface area contributed by atoms with Crippen molar-refractivity contribution in [3.05, 3.63) is 75.7 Å². The van der Waals surface area contributed by atoms with Gasteiger partial charge in [0, 0.05) is 12.4 Å². The van der Waals surface area contributed by atoms with Crippen LogP contribution in [-0.4, -0.2) is 28.1 Å². The molecule has 1 unspecified atom stereocenters. The van der Waals surface area contributed by atoms with Crippen LogP contribution in [-0.2, 0) is 17.6 Å². The number of carbonyl (C=O) groups is 1. The third-order valence-electron chi connectivity index (χ3n) is 5.29. The van der Waals surface area contributed by atoms with Crippen molar-refractivity contribution in [3.63, 3.8) is 0 Å². The molecular weight excluding hydrogens is 326 g/mol. The van der Waals surface area contributed by atoms with Crippen LogP contribution in [0.15, 0.2) is 53.3 Å². The Balaban J connectivity index is 1.62. The lowest BCUT2D eigenvalue weighted by Gasteiger charge is -2.33. The second-order valence-corrected chi connectivity index (χ2v) is 6.83. The van der Waals surface area contributed by atoms with Crippen LogP contribution in [0.25, 0.3) is 10.8 Å². The number of amides is 1. The van der Waals surface area contributed by atoms with Gasteiger partial charge in [-0.3, -0.25) is 9.59 Å². The second-order valence-electron chi connectivity index (χ2n) is 6.83. The highest BCUT2D eigenvalue weighted by Gasteiger charge is 2.27. The van der Waals surface area contributed by atoms with Gasteiger partial charge in [-0.25, -0.2) is 5.10 Å². The zero-order valence-corrected chi connectivity index (χ0v) is 14.7. The van der Waals surface area contributed by atoms with Crippen LogP contribution in [0, 0.1) is 0 Å². The maximum Gasteiger partial charge on any atom is 0.272 e. The third kappa shape index (κ3) is 2.90. The Bertz CT molecular complexity index is 1020. The first-order chi connectivity index (χ1) is 12.6. The highest BCUT2D eigenvalue weighted by atomic mass is 16.2. The molecule has 5 nitrogen and oxygen atoms in total. The number of benzene rings is 2. The van der Waals surface area contributed by atoms with E-state index in [2.05, 4.69) is 28.4 Å². The standard InChI is InChI=1S/C21H21N3O2/c1-24(19-12-6-8-14-7-2-3-9-15(14)19)20(25)13-18-16-10-4-5-11-17(16)21(26)23-22-18/h2-5,7,9-11,19H,6,8,12-13H2,1H3,(H,23,26). The van der Waals surface area contributed by atoms with Crippen molar-refractivity contribution < 1.29 is 4.79 Å². The molecule has 0 bridgehead atoms. The summed E-state index contributed by atoms with van der Waals surface area (Å²) in [4.78, 5) is 26.7. The molecule has 0 fully saturated rings. The van der Waals surface area contributed by atoms with Gasteiger partial charge in [-0.2, -0.15) is 5.10 Å². The average molecular weight is 347 g/mol. The van der Waals surface area contributed by atoms with E-state index in [1.54, 1.807) is 6.07 Å². The van der Waals surface area contributed by atoms with Crippen LogP contribution in [0.1, 0.15) is 35.7 Å². The van der Waals surface area contributed by atoms with Crippen LogP contribution >= 0.6 is 0 Å². The molecule has 1 heterocycles. The van der Waals surface area contributed by atoms with Gasteiger partial charge in [0.05, 0.1) is 23.5 Å². The average Bonchev–Trinajstić information content (AvgIpc) is 2.69. The van der Waals surface area contributed by atoms with Crippen LogP contribution < -0.4 is 5.56 Å². The highest BCUT2D eigenvalue weighted by Crippen LogP contribution is 2.33. The van der Waals surface area contributed by atoms with Crippen molar-refractivity contribution in [3.8, 4) is 0 Å². The summed E-state index contributed by atoms with van der Waals surface area (Å²) in [5.74, 6) is 0.0106. The highest BCUT2D eigenvalue weighted by molar-refractivity contribution is 5.88. The first-order valence-corrected chi connectivity index (χ1v) is 8.95. The van der Waals surface area contributed by atoms with Gasteiger partial charge in [0.25, 0.3) is 5.56 Å². The summed E-state index contributed by atoms with van der Waals surface area (Å²) < 4.78 is 0. The number of fused-ring (bicyclic) bond motifs is 2. The summed E-state index contributed by atoms with van der Waals surface area (Å²) in [5, 5.41) is 7.94. The maximum absolute atomic E-state index is 12.9. The molecule has 1 aliphatic carbocycles.